The van der Waals surface area contributed by atoms with Gasteiger partial charge >= 0.3 is 5.97 Å². The number of rotatable bonds is 2. The Morgan fingerprint density at radius 2 is 1.82 bits per heavy atom. The van der Waals surface area contributed by atoms with Crippen molar-refractivity contribution in [2.24, 2.45) is 0 Å². The van der Waals surface area contributed by atoms with Gasteiger partial charge in [-0.25, -0.2) is 0 Å². The zero-order chi connectivity index (χ0) is 8.85. The highest BCUT2D eigenvalue weighted by atomic mass is 16.5. The van der Waals surface area contributed by atoms with Gasteiger partial charge in [-0.15, -0.1) is 0 Å². The summed E-state index contributed by atoms with van der Waals surface area (Å²) in [6, 6.07) is 0. The highest BCUT2D eigenvalue weighted by Gasteiger charge is 1.94. The van der Waals surface area contributed by atoms with Gasteiger partial charge in [0.1, 0.15) is 5.76 Å². The topological polar surface area (TPSA) is 55.4 Å². The number of nitrogens with one attached hydrogen (secondary N) is 1. The van der Waals surface area contributed by atoms with Gasteiger partial charge in [-0.2, -0.15) is 0 Å². The number of ether oxygens (including phenoxy) is 1. The van der Waals surface area contributed by atoms with Crippen LogP contribution in [-0.2, 0) is 14.3 Å². The number of hydrogen-bond acceptors (Lipinski definition) is 3. The molecular formula is C7H11NO3. The molecule has 0 aliphatic heterocycles. The fourth-order valence-corrected chi connectivity index (χ4v) is 0.459. The monoisotopic (exact) mass is 157 g/mol. The molecular weight excluding hydrogens is 146 g/mol. The summed E-state index contributed by atoms with van der Waals surface area (Å²) in [6.45, 7) is 4.25. The first-order valence-electron chi connectivity index (χ1n) is 3.14. The lowest BCUT2D eigenvalue weighted by Gasteiger charge is -1.99. The Kier molecular flexibility index (Phi) is 3.95. The van der Waals surface area contributed by atoms with Crippen LogP contribution < -0.4 is 5.32 Å². The maximum atomic E-state index is 10.3. The molecule has 0 aromatic rings. The Morgan fingerprint density at radius 1 is 1.27 bits per heavy atom. The molecule has 62 valence electrons. The molecule has 1 N–H and O–H groups in total. The molecule has 0 aliphatic rings. The third-order valence-electron chi connectivity index (χ3n) is 0.783. The van der Waals surface area contributed by atoms with Crippen LogP contribution in [0.1, 0.15) is 20.8 Å². The zero-order valence-corrected chi connectivity index (χ0v) is 6.80. The van der Waals surface area contributed by atoms with Gasteiger partial charge in [0, 0.05) is 20.0 Å². The van der Waals surface area contributed by atoms with E-state index in [2.05, 4.69) is 10.1 Å². The summed E-state index contributed by atoms with van der Waals surface area (Å²) < 4.78 is 4.61. The summed E-state index contributed by atoms with van der Waals surface area (Å²) in [4.78, 5) is 20.7. The maximum Gasteiger partial charge on any atom is 0.307 e. The average Bonchev–Trinajstić information content (AvgIpc) is 1.82. The zero-order valence-electron chi connectivity index (χ0n) is 6.80. The molecule has 0 saturated carbocycles. The Hall–Kier alpha value is -1.32. The van der Waals surface area contributed by atoms with E-state index < -0.39 is 5.97 Å². The molecule has 4 heteroatoms. The van der Waals surface area contributed by atoms with Gasteiger partial charge < -0.3 is 10.1 Å². The minimum absolute atomic E-state index is 0.198. The Balaban J connectivity index is 3.81. The summed E-state index contributed by atoms with van der Waals surface area (Å²) in [6.07, 6.45) is 1.34. The van der Waals surface area contributed by atoms with Crippen molar-refractivity contribution >= 4 is 11.9 Å². The second-order valence-electron chi connectivity index (χ2n) is 2.05. The molecule has 0 aromatic heterocycles. The van der Waals surface area contributed by atoms with Gasteiger partial charge in [0.05, 0.1) is 0 Å². The molecule has 0 heterocycles. The Bertz CT molecular complexity index is 196. The van der Waals surface area contributed by atoms with E-state index in [4.69, 9.17) is 0 Å². The lowest BCUT2D eigenvalue weighted by Crippen LogP contribution is -2.13. The first kappa shape index (κ1) is 9.68. The average molecular weight is 157 g/mol. The quantitative estimate of drug-likeness (QED) is 0.470. The molecule has 0 saturated heterocycles. The molecule has 4 nitrogen and oxygen atoms in total. The Labute approximate surface area is 65.2 Å². The van der Waals surface area contributed by atoms with Crippen LogP contribution in [0.2, 0.25) is 0 Å². The van der Waals surface area contributed by atoms with Crippen molar-refractivity contribution in [1.82, 2.24) is 5.32 Å². The third-order valence-corrected chi connectivity index (χ3v) is 0.783. The number of amides is 1. The van der Waals surface area contributed by atoms with E-state index in [-0.39, 0.29) is 5.91 Å². The van der Waals surface area contributed by atoms with Gasteiger partial charge in [0.25, 0.3) is 0 Å². The number of esters is 1. The lowest BCUT2D eigenvalue weighted by atomic mass is 10.6. The van der Waals surface area contributed by atoms with Crippen molar-refractivity contribution in [2.45, 2.75) is 20.8 Å². The lowest BCUT2D eigenvalue weighted by molar-refractivity contribution is -0.137. The van der Waals surface area contributed by atoms with Crippen LogP contribution in [-0.4, -0.2) is 11.9 Å². The Morgan fingerprint density at radius 3 is 2.18 bits per heavy atom. The van der Waals surface area contributed by atoms with E-state index >= 15 is 0 Å². The van der Waals surface area contributed by atoms with Crippen LogP contribution in [0.3, 0.4) is 0 Å². The SMILES string of the molecule is CC(=O)NC=C(C)OC(C)=O. The first-order chi connectivity index (χ1) is 5.02. The second kappa shape index (κ2) is 4.49. The second-order valence-corrected chi connectivity index (χ2v) is 2.05. The predicted octanol–water partition coefficient (Wildman–Crippen LogP) is 0.547. The minimum Gasteiger partial charge on any atom is -0.430 e. The van der Waals surface area contributed by atoms with Crippen LogP contribution >= 0.6 is 0 Å². The smallest absolute Gasteiger partial charge is 0.307 e. The standard InChI is InChI=1S/C7H11NO3/c1-5(11-7(3)10)4-8-6(2)9/h4H,1-3H3,(H,8,9). The van der Waals surface area contributed by atoms with Gasteiger partial charge in [0.2, 0.25) is 5.91 Å². The molecule has 0 atom stereocenters. The molecule has 0 bridgehead atoms. The molecule has 0 fully saturated rings. The fourth-order valence-electron chi connectivity index (χ4n) is 0.459. The van der Waals surface area contributed by atoms with Crippen LogP contribution in [0, 0.1) is 0 Å². The summed E-state index contributed by atoms with van der Waals surface area (Å²) >= 11 is 0. The van der Waals surface area contributed by atoms with Crippen LogP contribution in [0.25, 0.3) is 0 Å². The van der Waals surface area contributed by atoms with Crippen LogP contribution in [0.4, 0.5) is 0 Å². The molecule has 0 aliphatic carbocycles. The van der Waals surface area contributed by atoms with E-state index in [0.29, 0.717) is 5.76 Å². The van der Waals surface area contributed by atoms with E-state index in [0.717, 1.165) is 0 Å². The summed E-state index contributed by atoms with van der Waals surface area (Å²) in [7, 11) is 0. The van der Waals surface area contributed by atoms with Crippen molar-refractivity contribution in [3.63, 3.8) is 0 Å². The molecule has 0 rings (SSSR count). The number of carbonyl (C=O) groups excluding carboxylic acids is 2. The van der Waals surface area contributed by atoms with E-state index in [1.54, 1.807) is 6.92 Å². The summed E-state index contributed by atoms with van der Waals surface area (Å²) in [5, 5.41) is 2.37. The fraction of sp³-hybridized carbons (Fsp3) is 0.429. The van der Waals surface area contributed by atoms with Gasteiger partial charge in [-0.3, -0.25) is 9.59 Å². The van der Waals surface area contributed by atoms with Crippen molar-refractivity contribution in [3.05, 3.63) is 12.0 Å². The first-order valence-corrected chi connectivity index (χ1v) is 3.14. The van der Waals surface area contributed by atoms with Gasteiger partial charge in [0.15, 0.2) is 0 Å². The highest BCUT2D eigenvalue weighted by Crippen LogP contribution is 1.92. The van der Waals surface area contributed by atoms with E-state index in [1.807, 2.05) is 0 Å². The summed E-state index contributed by atoms with van der Waals surface area (Å²) in [5.41, 5.74) is 0. The largest absolute Gasteiger partial charge is 0.430 e. The molecule has 0 radical (unpaired) electrons. The van der Waals surface area contributed by atoms with E-state index in [1.165, 1.54) is 20.0 Å². The molecule has 0 unspecified atom stereocenters. The van der Waals surface area contributed by atoms with Gasteiger partial charge in [-0.05, 0) is 6.92 Å². The molecule has 1 amide bonds. The summed E-state index contributed by atoms with van der Waals surface area (Å²) in [5.74, 6) is -0.228. The highest BCUT2D eigenvalue weighted by molar-refractivity contribution is 5.74. The van der Waals surface area contributed by atoms with Crippen LogP contribution in [0.15, 0.2) is 12.0 Å². The molecule has 0 aromatic carbocycles. The molecule has 11 heavy (non-hydrogen) atoms. The van der Waals surface area contributed by atoms with Crippen molar-refractivity contribution < 1.29 is 14.3 Å². The minimum atomic E-state index is -0.399. The van der Waals surface area contributed by atoms with Crippen LogP contribution in [0.5, 0.6) is 0 Å². The van der Waals surface area contributed by atoms with Crippen molar-refractivity contribution in [2.75, 3.05) is 0 Å². The maximum absolute atomic E-state index is 10.3. The predicted molar refractivity (Wildman–Crippen MR) is 39.3 cm³/mol. The number of carbonyl (C=O) groups is 2. The van der Waals surface area contributed by atoms with Crippen molar-refractivity contribution in [3.8, 4) is 0 Å². The van der Waals surface area contributed by atoms with Crippen molar-refractivity contribution in [1.29, 1.82) is 0 Å². The number of allylic oxidation sites excluding steroid dienone is 1. The normalized spacial score (nSPS) is 10.6. The van der Waals surface area contributed by atoms with Gasteiger partial charge in [-0.1, -0.05) is 0 Å². The third kappa shape index (κ3) is 6.57. The van der Waals surface area contributed by atoms with E-state index in [9.17, 15) is 9.59 Å². The molecule has 0 spiro atoms. The number of hydrogen-bond donors (Lipinski definition) is 1.